The number of nitrogens with one attached hydrogen (secondary N) is 1. The van der Waals surface area contributed by atoms with Gasteiger partial charge in [0.1, 0.15) is 0 Å². The van der Waals surface area contributed by atoms with Gasteiger partial charge in [0, 0.05) is 6.42 Å². The van der Waals surface area contributed by atoms with Crippen LogP contribution in [0, 0.1) is 0 Å². The molecule has 0 aliphatic carbocycles. The van der Waals surface area contributed by atoms with Crippen molar-refractivity contribution in [3.8, 4) is 0 Å². The standard InChI is InChI=1S/C10H14N2O4/c1-2-16-9(14)5-6-7-3-4-8(13)12(7)10(15)11-6/h6-7H,2-5H2,1H3,(H,11,15). The molecule has 6 nitrogen and oxygen atoms in total. The molecule has 2 atom stereocenters. The van der Waals surface area contributed by atoms with Crippen molar-refractivity contribution in [3.63, 3.8) is 0 Å². The van der Waals surface area contributed by atoms with Gasteiger partial charge >= 0.3 is 12.0 Å². The number of carbonyl (C=O) groups excluding carboxylic acids is 3. The zero-order valence-corrected chi connectivity index (χ0v) is 9.06. The van der Waals surface area contributed by atoms with Crippen molar-refractivity contribution < 1.29 is 19.1 Å². The van der Waals surface area contributed by atoms with E-state index in [0.29, 0.717) is 19.4 Å². The summed E-state index contributed by atoms with van der Waals surface area (Å²) >= 11 is 0. The van der Waals surface area contributed by atoms with Crippen molar-refractivity contribution in [3.05, 3.63) is 0 Å². The highest BCUT2D eigenvalue weighted by Crippen LogP contribution is 2.27. The minimum atomic E-state index is -0.387. The molecule has 3 amide bonds. The van der Waals surface area contributed by atoms with Gasteiger partial charge < -0.3 is 10.1 Å². The van der Waals surface area contributed by atoms with Gasteiger partial charge in [-0.2, -0.15) is 0 Å². The predicted octanol–water partition coefficient (Wildman–Crippen LogP) is 0.0224. The molecule has 2 aliphatic heterocycles. The SMILES string of the molecule is CCOC(=O)CC1NC(=O)N2C(=O)CCC12. The zero-order valence-electron chi connectivity index (χ0n) is 9.06. The van der Waals surface area contributed by atoms with Crippen LogP contribution in [0.2, 0.25) is 0 Å². The molecule has 88 valence electrons. The normalized spacial score (nSPS) is 27.9. The molecule has 2 aliphatic rings. The molecule has 0 radical (unpaired) electrons. The quantitative estimate of drug-likeness (QED) is 0.688. The van der Waals surface area contributed by atoms with Crippen molar-refractivity contribution in [1.29, 1.82) is 0 Å². The molecule has 2 fully saturated rings. The Morgan fingerprint density at radius 3 is 3.00 bits per heavy atom. The molecule has 6 heteroatoms. The lowest BCUT2D eigenvalue weighted by Gasteiger charge is -2.16. The maximum Gasteiger partial charge on any atom is 0.324 e. The Hall–Kier alpha value is -1.59. The fourth-order valence-electron chi connectivity index (χ4n) is 2.26. The van der Waals surface area contributed by atoms with E-state index in [4.69, 9.17) is 4.74 Å². The van der Waals surface area contributed by atoms with E-state index in [2.05, 4.69) is 5.32 Å². The Labute approximate surface area is 92.9 Å². The summed E-state index contributed by atoms with van der Waals surface area (Å²) in [5.74, 6) is -0.497. The van der Waals surface area contributed by atoms with Crippen LogP contribution in [0.3, 0.4) is 0 Å². The highest BCUT2D eigenvalue weighted by Gasteiger charge is 2.47. The van der Waals surface area contributed by atoms with Crippen LogP contribution in [-0.2, 0) is 14.3 Å². The number of rotatable bonds is 3. The number of imide groups is 1. The van der Waals surface area contributed by atoms with Crippen molar-refractivity contribution in [2.75, 3.05) is 6.61 Å². The predicted molar refractivity (Wildman–Crippen MR) is 53.4 cm³/mol. The summed E-state index contributed by atoms with van der Waals surface area (Å²) in [7, 11) is 0. The van der Waals surface area contributed by atoms with Crippen LogP contribution in [0.1, 0.15) is 26.2 Å². The van der Waals surface area contributed by atoms with Gasteiger partial charge in [0.2, 0.25) is 5.91 Å². The highest BCUT2D eigenvalue weighted by atomic mass is 16.5. The number of nitrogens with zero attached hydrogens (tertiary/aromatic N) is 1. The van der Waals surface area contributed by atoms with E-state index in [1.54, 1.807) is 6.92 Å². The summed E-state index contributed by atoms with van der Waals surface area (Å²) in [4.78, 5) is 35.4. The topological polar surface area (TPSA) is 75.7 Å². The molecule has 0 aromatic rings. The lowest BCUT2D eigenvalue weighted by atomic mass is 10.0. The second-order valence-corrected chi connectivity index (χ2v) is 3.93. The molecule has 16 heavy (non-hydrogen) atoms. The van der Waals surface area contributed by atoms with E-state index in [9.17, 15) is 14.4 Å². The molecule has 0 aromatic heterocycles. The molecule has 0 saturated carbocycles. The molecule has 0 bridgehead atoms. The second-order valence-electron chi connectivity index (χ2n) is 3.93. The van der Waals surface area contributed by atoms with Crippen LogP contribution in [-0.4, -0.2) is 41.5 Å². The first kappa shape index (κ1) is 10.9. The molecule has 2 rings (SSSR count). The van der Waals surface area contributed by atoms with Gasteiger partial charge in [-0.15, -0.1) is 0 Å². The van der Waals surface area contributed by atoms with Crippen molar-refractivity contribution in [2.24, 2.45) is 0 Å². The number of urea groups is 1. The van der Waals surface area contributed by atoms with Crippen LogP contribution < -0.4 is 5.32 Å². The Morgan fingerprint density at radius 2 is 2.31 bits per heavy atom. The van der Waals surface area contributed by atoms with Gasteiger partial charge in [-0.25, -0.2) is 4.79 Å². The Morgan fingerprint density at radius 1 is 1.56 bits per heavy atom. The maximum atomic E-state index is 11.5. The minimum Gasteiger partial charge on any atom is -0.466 e. The monoisotopic (exact) mass is 226 g/mol. The molecule has 0 aromatic carbocycles. The molecule has 0 spiro atoms. The van der Waals surface area contributed by atoms with Gasteiger partial charge in [0.15, 0.2) is 0 Å². The zero-order chi connectivity index (χ0) is 11.7. The van der Waals surface area contributed by atoms with Crippen LogP contribution in [0.4, 0.5) is 4.79 Å². The van der Waals surface area contributed by atoms with Gasteiger partial charge in [-0.3, -0.25) is 14.5 Å². The number of fused-ring (bicyclic) bond motifs is 1. The van der Waals surface area contributed by atoms with E-state index >= 15 is 0 Å². The number of hydrogen-bond acceptors (Lipinski definition) is 4. The lowest BCUT2D eigenvalue weighted by molar-refractivity contribution is -0.143. The lowest BCUT2D eigenvalue weighted by Crippen LogP contribution is -2.35. The minimum absolute atomic E-state index is 0.133. The smallest absolute Gasteiger partial charge is 0.324 e. The van der Waals surface area contributed by atoms with E-state index in [1.165, 1.54) is 4.90 Å². The largest absolute Gasteiger partial charge is 0.466 e. The summed E-state index contributed by atoms with van der Waals surface area (Å²) in [6.45, 7) is 2.06. The number of ether oxygens (including phenoxy) is 1. The van der Waals surface area contributed by atoms with E-state index in [0.717, 1.165) is 0 Å². The van der Waals surface area contributed by atoms with Crippen LogP contribution in [0.15, 0.2) is 0 Å². The molecule has 1 N–H and O–H groups in total. The third-order valence-corrected chi connectivity index (χ3v) is 2.94. The third kappa shape index (κ3) is 1.75. The Bertz CT molecular complexity index is 342. The molecular weight excluding hydrogens is 212 g/mol. The highest BCUT2D eigenvalue weighted by molar-refractivity contribution is 5.98. The van der Waals surface area contributed by atoms with E-state index in [-0.39, 0.29) is 36.4 Å². The average Bonchev–Trinajstić information content (AvgIpc) is 2.72. The van der Waals surface area contributed by atoms with Gasteiger partial charge in [0.25, 0.3) is 0 Å². The van der Waals surface area contributed by atoms with Gasteiger partial charge in [0.05, 0.1) is 25.1 Å². The van der Waals surface area contributed by atoms with E-state index < -0.39 is 0 Å². The van der Waals surface area contributed by atoms with Gasteiger partial charge in [-0.1, -0.05) is 0 Å². The molecule has 2 unspecified atom stereocenters. The van der Waals surface area contributed by atoms with Crippen LogP contribution >= 0.6 is 0 Å². The van der Waals surface area contributed by atoms with Crippen molar-refractivity contribution in [2.45, 2.75) is 38.3 Å². The van der Waals surface area contributed by atoms with E-state index in [1.807, 2.05) is 0 Å². The molecular formula is C10H14N2O4. The van der Waals surface area contributed by atoms with Gasteiger partial charge in [-0.05, 0) is 13.3 Å². The maximum absolute atomic E-state index is 11.5. The van der Waals surface area contributed by atoms with Crippen LogP contribution in [0.25, 0.3) is 0 Å². The van der Waals surface area contributed by atoms with Crippen molar-refractivity contribution >= 4 is 17.9 Å². The summed E-state index contributed by atoms with van der Waals surface area (Å²) in [6.07, 6.45) is 1.15. The first-order valence-corrected chi connectivity index (χ1v) is 5.41. The summed E-state index contributed by atoms with van der Waals surface area (Å²) in [5, 5.41) is 2.64. The summed E-state index contributed by atoms with van der Waals surface area (Å²) in [5.41, 5.74) is 0. The van der Waals surface area contributed by atoms with Crippen molar-refractivity contribution in [1.82, 2.24) is 10.2 Å². The average molecular weight is 226 g/mol. The Balaban J connectivity index is 2.00. The number of amides is 3. The number of carbonyl (C=O) groups is 3. The molecule has 2 saturated heterocycles. The first-order chi connectivity index (χ1) is 7.63. The summed E-state index contributed by atoms with van der Waals surface area (Å²) < 4.78 is 4.82. The van der Waals surface area contributed by atoms with Crippen LogP contribution in [0.5, 0.6) is 0 Å². The second kappa shape index (κ2) is 4.11. The summed E-state index contributed by atoms with van der Waals surface area (Å²) in [6, 6.07) is -0.857. The number of esters is 1. The fraction of sp³-hybridized carbons (Fsp3) is 0.700. The molecule has 2 heterocycles. The number of hydrogen-bond donors (Lipinski definition) is 1. The first-order valence-electron chi connectivity index (χ1n) is 5.41. The Kier molecular flexibility index (Phi) is 2.80. The third-order valence-electron chi connectivity index (χ3n) is 2.94. The fourth-order valence-corrected chi connectivity index (χ4v) is 2.26.